The minimum absolute atomic E-state index is 0. The Balaban J connectivity index is 0.00000341. The van der Waals surface area contributed by atoms with Crippen molar-refractivity contribution in [3.63, 3.8) is 0 Å². The summed E-state index contributed by atoms with van der Waals surface area (Å²) in [6.45, 7) is 5.08. The molecule has 0 saturated carbocycles. The van der Waals surface area contributed by atoms with Crippen LogP contribution in [-0.4, -0.2) is 46.3 Å². The predicted octanol–water partition coefficient (Wildman–Crippen LogP) is 2.43. The summed E-state index contributed by atoms with van der Waals surface area (Å²) in [6.07, 6.45) is 6.92. The summed E-state index contributed by atoms with van der Waals surface area (Å²) in [5, 5.41) is 13.6. The molecular formula is C22H28IN7O. The summed E-state index contributed by atoms with van der Waals surface area (Å²) < 4.78 is 1.90. The Labute approximate surface area is 199 Å². The first-order chi connectivity index (χ1) is 14.8. The monoisotopic (exact) mass is 533 g/mol. The zero-order valence-corrected chi connectivity index (χ0v) is 19.8. The topological polar surface area (TPSA) is 96.2 Å². The Morgan fingerprint density at radius 3 is 2.52 bits per heavy atom. The number of aliphatic imine (C=N–C) groups is 1. The second-order valence-corrected chi connectivity index (χ2v) is 6.59. The maximum Gasteiger partial charge on any atom is 0.252 e. The number of aromatic nitrogens is 3. The Bertz CT molecular complexity index is 946. The Morgan fingerprint density at radius 1 is 1.00 bits per heavy atom. The van der Waals surface area contributed by atoms with Gasteiger partial charge in [-0.15, -0.1) is 24.0 Å². The Hall–Kier alpha value is -2.95. The highest BCUT2D eigenvalue weighted by Crippen LogP contribution is 2.11. The van der Waals surface area contributed by atoms with E-state index in [4.69, 9.17) is 4.99 Å². The van der Waals surface area contributed by atoms with Gasteiger partial charge in [0.15, 0.2) is 5.96 Å². The molecule has 0 atom stereocenters. The lowest BCUT2D eigenvalue weighted by atomic mass is 10.1. The highest BCUT2D eigenvalue weighted by molar-refractivity contribution is 14.0. The first-order valence-electron chi connectivity index (χ1n) is 10.0. The van der Waals surface area contributed by atoms with Gasteiger partial charge in [-0.1, -0.05) is 24.3 Å². The maximum atomic E-state index is 12.1. The summed E-state index contributed by atoms with van der Waals surface area (Å²) in [5.41, 5.74) is 2.88. The van der Waals surface area contributed by atoms with Gasteiger partial charge in [-0.05, 0) is 36.2 Å². The summed E-state index contributed by atoms with van der Waals surface area (Å²) in [7, 11) is 0. The standard InChI is InChI=1S/C22H27N7O.HI/c1-2-24-22(26-13-12-25-21(30)19-9-5-10-23-15-19)27-16-18-7-3-4-8-20(18)17-29-14-6-11-28-29;/h3-11,14-15H,2,12-13,16-17H2,1H3,(H,25,30)(H2,24,26,27);1H. The molecule has 0 radical (unpaired) electrons. The van der Waals surface area contributed by atoms with Gasteiger partial charge in [0.25, 0.3) is 5.91 Å². The van der Waals surface area contributed by atoms with E-state index in [1.807, 2.05) is 36.0 Å². The Kier molecular flexibility index (Phi) is 10.5. The van der Waals surface area contributed by atoms with Crippen LogP contribution in [0.3, 0.4) is 0 Å². The third kappa shape index (κ3) is 8.00. The lowest BCUT2D eigenvalue weighted by Gasteiger charge is -2.13. The maximum absolute atomic E-state index is 12.1. The van der Waals surface area contributed by atoms with E-state index in [2.05, 4.69) is 38.2 Å². The summed E-state index contributed by atoms with van der Waals surface area (Å²) in [6, 6.07) is 13.6. The fourth-order valence-corrected chi connectivity index (χ4v) is 2.90. The number of guanidine groups is 1. The van der Waals surface area contributed by atoms with Gasteiger partial charge in [0.05, 0.1) is 18.7 Å². The molecule has 1 aromatic carbocycles. The van der Waals surface area contributed by atoms with E-state index < -0.39 is 0 Å². The lowest BCUT2D eigenvalue weighted by molar-refractivity contribution is 0.0954. The molecule has 2 aromatic heterocycles. The highest BCUT2D eigenvalue weighted by atomic mass is 127. The molecule has 31 heavy (non-hydrogen) atoms. The fourth-order valence-electron chi connectivity index (χ4n) is 2.90. The number of nitrogens with zero attached hydrogens (tertiary/aromatic N) is 4. The Morgan fingerprint density at radius 2 is 1.81 bits per heavy atom. The third-order valence-electron chi connectivity index (χ3n) is 4.39. The molecule has 3 N–H and O–H groups in total. The van der Waals surface area contributed by atoms with Gasteiger partial charge < -0.3 is 16.0 Å². The van der Waals surface area contributed by atoms with E-state index in [1.54, 1.807) is 30.7 Å². The van der Waals surface area contributed by atoms with Crippen LogP contribution in [0.1, 0.15) is 28.4 Å². The number of carbonyl (C=O) groups is 1. The van der Waals surface area contributed by atoms with E-state index in [0.29, 0.717) is 37.7 Å². The van der Waals surface area contributed by atoms with E-state index in [1.165, 1.54) is 5.56 Å². The van der Waals surface area contributed by atoms with Crippen LogP contribution in [-0.2, 0) is 13.1 Å². The van der Waals surface area contributed by atoms with Crippen LogP contribution in [0.2, 0.25) is 0 Å². The van der Waals surface area contributed by atoms with E-state index in [0.717, 1.165) is 12.1 Å². The summed E-state index contributed by atoms with van der Waals surface area (Å²) in [5.74, 6) is 0.571. The van der Waals surface area contributed by atoms with Gasteiger partial charge in [0.1, 0.15) is 0 Å². The van der Waals surface area contributed by atoms with Gasteiger partial charge in [0.2, 0.25) is 0 Å². The van der Waals surface area contributed by atoms with Crippen molar-refractivity contribution in [2.75, 3.05) is 19.6 Å². The number of pyridine rings is 1. The third-order valence-corrected chi connectivity index (χ3v) is 4.39. The molecular weight excluding hydrogens is 505 g/mol. The summed E-state index contributed by atoms with van der Waals surface area (Å²) in [4.78, 5) is 20.7. The van der Waals surface area contributed by atoms with Crippen LogP contribution >= 0.6 is 24.0 Å². The van der Waals surface area contributed by atoms with Crippen molar-refractivity contribution < 1.29 is 4.79 Å². The smallest absolute Gasteiger partial charge is 0.252 e. The number of amides is 1. The van der Waals surface area contributed by atoms with E-state index in [9.17, 15) is 4.79 Å². The molecule has 1 amide bonds. The first kappa shape index (κ1) is 24.3. The van der Waals surface area contributed by atoms with Crippen molar-refractivity contribution in [1.82, 2.24) is 30.7 Å². The molecule has 164 valence electrons. The van der Waals surface area contributed by atoms with Gasteiger partial charge in [-0.2, -0.15) is 5.10 Å². The van der Waals surface area contributed by atoms with Crippen LogP contribution < -0.4 is 16.0 Å². The number of nitrogens with one attached hydrogen (secondary N) is 3. The van der Waals surface area contributed by atoms with Crippen LogP contribution in [0.25, 0.3) is 0 Å². The van der Waals surface area contributed by atoms with Crippen LogP contribution in [0.4, 0.5) is 0 Å². The minimum atomic E-state index is -0.139. The quantitative estimate of drug-likeness (QED) is 0.170. The largest absolute Gasteiger partial charge is 0.357 e. The molecule has 2 heterocycles. The fraction of sp³-hybridized carbons (Fsp3) is 0.273. The predicted molar refractivity (Wildman–Crippen MR) is 133 cm³/mol. The molecule has 3 rings (SSSR count). The van der Waals surface area contributed by atoms with Crippen LogP contribution in [0.5, 0.6) is 0 Å². The van der Waals surface area contributed by atoms with Crippen LogP contribution in [0, 0.1) is 0 Å². The average molecular weight is 533 g/mol. The highest BCUT2D eigenvalue weighted by Gasteiger charge is 2.05. The second kappa shape index (κ2) is 13.4. The van der Waals surface area contributed by atoms with Crippen molar-refractivity contribution in [1.29, 1.82) is 0 Å². The molecule has 0 aliphatic heterocycles. The molecule has 0 bridgehead atoms. The molecule has 0 unspecified atom stereocenters. The molecule has 8 nitrogen and oxygen atoms in total. The minimum Gasteiger partial charge on any atom is -0.357 e. The van der Waals surface area contributed by atoms with Crippen molar-refractivity contribution in [2.24, 2.45) is 4.99 Å². The normalized spacial score (nSPS) is 10.8. The molecule has 0 saturated heterocycles. The number of benzene rings is 1. The number of rotatable bonds is 9. The van der Waals surface area contributed by atoms with Crippen molar-refractivity contribution in [2.45, 2.75) is 20.0 Å². The second-order valence-electron chi connectivity index (χ2n) is 6.59. The molecule has 0 spiro atoms. The van der Waals surface area contributed by atoms with E-state index >= 15 is 0 Å². The van der Waals surface area contributed by atoms with E-state index in [-0.39, 0.29) is 29.9 Å². The van der Waals surface area contributed by atoms with Gasteiger partial charge in [-0.25, -0.2) is 4.99 Å². The van der Waals surface area contributed by atoms with Crippen molar-refractivity contribution in [3.05, 3.63) is 83.9 Å². The zero-order valence-electron chi connectivity index (χ0n) is 17.5. The molecule has 3 aromatic rings. The number of hydrogen-bond acceptors (Lipinski definition) is 4. The molecule has 0 aliphatic carbocycles. The number of carbonyl (C=O) groups excluding carboxylic acids is 1. The lowest BCUT2D eigenvalue weighted by Crippen LogP contribution is -2.41. The van der Waals surface area contributed by atoms with Gasteiger partial charge >= 0.3 is 0 Å². The molecule has 0 aliphatic rings. The first-order valence-corrected chi connectivity index (χ1v) is 10.0. The van der Waals surface area contributed by atoms with Crippen LogP contribution in [0.15, 0.2) is 72.2 Å². The molecule has 9 heteroatoms. The van der Waals surface area contributed by atoms with Crippen molar-refractivity contribution >= 4 is 35.8 Å². The van der Waals surface area contributed by atoms with Crippen molar-refractivity contribution in [3.8, 4) is 0 Å². The SMILES string of the molecule is CCNC(=NCc1ccccc1Cn1cccn1)NCCNC(=O)c1cccnc1.I. The van der Waals surface area contributed by atoms with Gasteiger partial charge in [-0.3, -0.25) is 14.5 Å². The summed E-state index contributed by atoms with van der Waals surface area (Å²) >= 11 is 0. The average Bonchev–Trinajstić information content (AvgIpc) is 3.29. The zero-order chi connectivity index (χ0) is 21.0. The van der Waals surface area contributed by atoms with Gasteiger partial charge in [0, 0.05) is 44.4 Å². The number of halogens is 1. The number of hydrogen-bond donors (Lipinski definition) is 3. The molecule has 0 fully saturated rings.